The molecule has 1 aliphatic carbocycles. The maximum absolute atomic E-state index is 13.7. The Morgan fingerprint density at radius 1 is 0.827 bits per heavy atom. The summed E-state index contributed by atoms with van der Waals surface area (Å²) < 4.78 is 33.6. The highest BCUT2D eigenvalue weighted by molar-refractivity contribution is 6.04. The van der Waals surface area contributed by atoms with Gasteiger partial charge in [0.15, 0.2) is 0 Å². The van der Waals surface area contributed by atoms with Gasteiger partial charge >= 0.3 is 0 Å². The van der Waals surface area contributed by atoms with Crippen LogP contribution < -0.4 is 5.32 Å². The summed E-state index contributed by atoms with van der Waals surface area (Å²) in [5.41, 5.74) is 9.73. The maximum atomic E-state index is 13.7. The van der Waals surface area contributed by atoms with Crippen LogP contribution in [-0.4, -0.2) is 71.7 Å². The Labute approximate surface area is 495 Å². The highest BCUT2D eigenvalue weighted by Crippen LogP contribution is 2.35. The van der Waals surface area contributed by atoms with E-state index in [9.17, 15) is 18.4 Å². The molecule has 4 atom stereocenters. The summed E-state index contributed by atoms with van der Waals surface area (Å²) in [7, 11) is 6.20. The van der Waals surface area contributed by atoms with Crippen molar-refractivity contribution >= 4 is 34.7 Å². The molecule has 1 N–H and O–H groups in total. The number of hydrogen-bond acceptors (Lipinski definition) is 5. The van der Waals surface area contributed by atoms with Crippen molar-refractivity contribution in [1.29, 1.82) is 0 Å². The smallest absolute Gasteiger partial charge is 0.258 e. The molecule has 6 rings (SSSR count). The van der Waals surface area contributed by atoms with Crippen LogP contribution in [0.2, 0.25) is 0 Å². The first-order valence-electron chi connectivity index (χ1n) is 31.9. The highest BCUT2D eigenvalue weighted by Gasteiger charge is 2.37. The number of methoxy groups -OCH3 is 1. The van der Waals surface area contributed by atoms with E-state index in [4.69, 9.17) is 14.7 Å². The number of pyridine rings is 1. The lowest BCUT2D eigenvalue weighted by molar-refractivity contribution is -0.906. The lowest BCUT2D eigenvalue weighted by atomic mass is 9.89. The van der Waals surface area contributed by atoms with Gasteiger partial charge in [-0.15, -0.1) is 0 Å². The number of nitrogens with zero attached hydrogens (tertiary/aromatic N) is 4. The number of quaternary nitrogens is 1. The van der Waals surface area contributed by atoms with Crippen LogP contribution >= 0.6 is 0 Å². The number of likely N-dealkylation sites (N-methyl/N-ethyl adjacent to an activating group) is 1. The number of hydrogen-bond donors (Lipinski definition) is 1. The number of unbranched alkanes of at least 4 members (excludes halogenated alkanes) is 2. The van der Waals surface area contributed by atoms with Crippen LogP contribution in [0.5, 0.6) is 0 Å². The van der Waals surface area contributed by atoms with Crippen molar-refractivity contribution in [1.82, 2.24) is 14.5 Å². The minimum Gasteiger partial charge on any atom is -0.500 e. The van der Waals surface area contributed by atoms with Gasteiger partial charge in [-0.05, 0) is 156 Å². The van der Waals surface area contributed by atoms with Crippen LogP contribution in [0.3, 0.4) is 0 Å². The molecule has 2 aromatic heterocycles. The van der Waals surface area contributed by atoms with Crippen molar-refractivity contribution in [2.45, 2.75) is 246 Å². The zero-order valence-electron chi connectivity index (χ0n) is 55.5. The Hall–Kier alpha value is -4.70. The fourth-order valence-corrected chi connectivity index (χ4v) is 10.1. The summed E-state index contributed by atoms with van der Waals surface area (Å²) in [5.74, 6) is 4.38. The van der Waals surface area contributed by atoms with Gasteiger partial charge in [-0.1, -0.05) is 172 Å². The summed E-state index contributed by atoms with van der Waals surface area (Å²) in [6.07, 6.45) is 22.1. The van der Waals surface area contributed by atoms with Crippen LogP contribution in [0.25, 0.3) is 16.6 Å². The van der Waals surface area contributed by atoms with Gasteiger partial charge in [0.2, 0.25) is 5.95 Å². The standard InChI is InChI=1S/C30H39N5O2.C10H18O.C9H19F.C8H9F.C8H18.C4H10.C2H6/c1-19-11-12-24-26(15-19)34(18-22-9-7-8-10-22)30(32-24)33-29(36)23-16-20(2)31-25(17-23)28-21(3)35(4,5)14-13-27(28)37-6;1-4-9(2)10(3)7-5-6-8-11;1-4-6-9(7-10)8(3)5-2;1-6-3-7(2)5-8(9)4-6;1-4-7-8(5-2)6-3;1-3-4-2;1-2/h11-12,15-17,21-22H,7-10,13-14,18H2,1-6H3;8-9H,3-7H2,1-2H3;8-9H,4-7H2,1-3H3;3-5H,1-2H3;8H,4-7H2,1-3H3;3-4H2,1-2H3;1-2H3/p+1/t;;8?,9-;;;;/m..1..../s1. The molecular weight excluding hydrogens is 1010 g/mol. The Balaban J connectivity index is 0.00000118. The van der Waals surface area contributed by atoms with Crippen LogP contribution in [0.15, 0.2) is 66.4 Å². The summed E-state index contributed by atoms with van der Waals surface area (Å²) in [4.78, 5) is 33.3. The van der Waals surface area contributed by atoms with E-state index in [0.29, 0.717) is 41.6 Å². The van der Waals surface area contributed by atoms with E-state index in [2.05, 4.69) is 126 Å². The molecule has 1 amide bonds. The van der Waals surface area contributed by atoms with E-state index in [-0.39, 0.29) is 24.4 Å². The largest absolute Gasteiger partial charge is 0.500 e. The number of aromatic nitrogens is 3. The lowest BCUT2D eigenvalue weighted by Gasteiger charge is -2.41. The minimum absolute atomic E-state index is 0.136. The molecule has 4 aromatic rings. The number of amides is 1. The molecule has 3 unspecified atom stereocenters. The molecule has 3 heterocycles. The number of alkyl halides is 1. The molecular formula is C71H120F2N5O3+. The van der Waals surface area contributed by atoms with Gasteiger partial charge < -0.3 is 18.6 Å². The number of rotatable bonds is 22. The highest BCUT2D eigenvalue weighted by atomic mass is 19.1. The monoisotopic (exact) mass is 1130 g/mol. The molecule has 2 aromatic carbocycles. The molecule has 460 valence electrons. The van der Waals surface area contributed by atoms with Crippen LogP contribution in [-0.2, 0) is 16.1 Å². The number of allylic oxidation sites excluding steroid dienone is 1. The van der Waals surface area contributed by atoms with Crippen molar-refractivity contribution in [3.05, 3.63) is 106 Å². The van der Waals surface area contributed by atoms with Crippen molar-refractivity contribution in [3.63, 3.8) is 0 Å². The molecule has 81 heavy (non-hydrogen) atoms. The normalized spacial score (nSPS) is 15.5. The Bertz CT molecular complexity index is 2330. The quantitative estimate of drug-likeness (QED) is 0.0367. The van der Waals surface area contributed by atoms with E-state index in [1.807, 2.05) is 58.9 Å². The second kappa shape index (κ2) is 43.0. The Morgan fingerprint density at radius 3 is 1.91 bits per heavy atom. The number of nitrogens with one attached hydrogen (secondary N) is 1. The Kier molecular flexibility index (Phi) is 40.5. The third-order valence-electron chi connectivity index (χ3n) is 16.4. The van der Waals surface area contributed by atoms with Crippen molar-refractivity contribution in [2.75, 3.05) is 39.7 Å². The number of carbonyl (C=O) groups is 2. The molecule has 1 saturated carbocycles. The first-order valence-corrected chi connectivity index (χ1v) is 31.9. The third-order valence-corrected chi connectivity index (χ3v) is 16.4. The molecule has 10 heteroatoms. The van der Waals surface area contributed by atoms with Gasteiger partial charge in [-0.25, -0.2) is 9.37 Å². The van der Waals surface area contributed by atoms with Gasteiger partial charge in [0.1, 0.15) is 23.9 Å². The first kappa shape index (κ1) is 76.3. The number of aldehydes is 1. The molecule has 0 radical (unpaired) electrons. The molecule has 1 aliphatic heterocycles. The number of anilines is 1. The lowest BCUT2D eigenvalue weighted by Crippen LogP contribution is -2.51. The Morgan fingerprint density at radius 2 is 1.43 bits per heavy atom. The molecule has 8 nitrogen and oxygen atoms in total. The average Bonchev–Trinajstić information content (AvgIpc) is 4.10. The second-order valence-electron chi connectivity index (χ2n) is 23.4. The number of benzene rings is 2. The number of fused-ring (bicyclic) bond motifs is 1. The minimum atomic E-state index is -0.164. The van der Waals surface area contributed by atoms with Crippen molar-refractivity contribution in [3.8, 4) is 0 Å². The molecule has 0 spiro atoms. The SMILES string of the molecule is C=C(CCCC=O)C(C)CC.CC.CCCC.CCCC(CC)CC.CCC[C@H](CF)C(C)CC.COC1=C(c2cc(C(=O)Nc3nc4ccc(C)cc4n3CC3CCCC3)cc(C)n2)C(C)[N+](C)(C)CC1.Cc1cc(C)cc(F)c1. The average molecular weight is 1130 g/mol. The maximum Gasteiger partial charge on any atom is 0.258 e. The van der Waals surface area contributed by atoms with Crippen molar-refractivity contribution in [2.24, 2.45) is 29.6 Å². The number of ether oxygens (including phenoxy) is 1. The fraction of sp³-hybridized carbons (Fsp3) is 0.662. The summed E-state index contributed by atoms with van der Waals surface area (Å²) in [5, 5.41) is 3.15. The summed E-state index contributed by atoms with van der Waals surface area (Å²) >= 11 is 0. The van der Waals surface area contributed by atoms with E-state index in [1.54, 1.807) is 7.11 Å². The van der Waals surface area contributed by atoms with Gasteiger partial charge in [0, 0.05) is 24.2 Å². The van der Waals surface area contributed by atoms with Crippen LogP contribution in [0, 0.1) is 63.1 Å². The number of aryl methyl sites for hydroxylation is 4. The van der Waals surface area contributed by atoms with Gasteiger partial charge in [0.05, 0.1) is 63.1 Å². The van der Waals surface area contributed by atoms with Gasteiger partial charge in [0.25, 0.3) is 5.91 Å². The number of halogens is 2. The van der Waals surface area contributed by atoms with E-state index in [0.717, 1.165) is 120 Å². The molecule has 1 fully saturated rings. The van der Waals surface area contributed by atoms with E-state index < -0.39 is 0 Å². The third kappa shape index (κ3) is 28.4. The van der Waals surface area contributed by atoms with Crippen LogP contribution in [0.4, 0.5) is 14.7 Å². The fourth-order valence-electron chi connectivity index (χ4n) is 10.1. The van der Waals surface area contributed by atoms with E-state index in [1.165, 1.54) is 87.5 Å². The number of imidazole rings is 1. The van der Waals surface area contributed by atoms with Gasteiger partial charge in [-0.2, -0.15) is 0 Å². The molecule has 2 aliphatic rings. The predicted molar refractivity (Wildman–Crippen MR) is 347 cm³/mol. The number of carbonyl (C=O) groups excluding carboxylic acids is 2. The second-order valence-corrected chi connectivity index (χ2v) is 23.4. The molecule has 0 bridgehead atoms. The topological polar surface area (TPSA) is 86.1 Å². The first-order chi connectivity index (χ1) is 38.6. The summed E-state index contributed by atoms with van der Waals surface area (Å²) in [6, 6.07) is 15.2. The van der Waals surface area contributed by atoms with Gasteiger partial charge in [-0.3, -0.25) is 19.5 Å². The zero-order chi connectivity index (χ0) is 61.7. The van der Waals surface area contributed by atoms with Crippen LogP contribution in [0.1, 0.15) is 244 Å². The zero-order valence-corrected chi connectivity index (χ0v) is 55.5. The predicted octanol–water partition coefficient (Wildman–Crippen LogP) is 20.6. The van der Waals surface area contributed by atoms with Crippen molar-refractivity contribution < 1.29 is 27.6 Å². The van der Waals surface area contributed by atoms with E-state index >= 15 is 0 Å². The summed E-state index contributed by atoms with van der Waals surface area (Å²) in [6.45, 7) is 41.7. The molecule has 0 saturated heterocycles.